The molecular formula is C19H28N2O4. The van der Waals surface area contributed by atoms with Crippen molar-refractivity contribution in [3.8, 4) is 11.5 Å². The molecule has 0 N–H and O–H groups in total. The Morgan fingerprint density at radius 2 is 1.92 bits per heavy atom. The molecule has 1 aromatic carbocycles. The molecule has 0 radical (unpaired) electrons. The summed E-state index contributed by atoms with van der Waals surface area (Å²) in [5, 5.41) is 0. The average Bonchev–Trinajstić information content (AvgIpc) is 2.64. The summed E-state index contributed by atoms with van der Waals surface area (Å²) in [4.78, 5) is 28.4. The summed E-state index contributed by atoms with van der Waals surface area (Å²) >= 11 is 0. The van der Waals surface area contributed by atoms with Crippen LogP contribution in [-0.2, 0) is 9.59 Å². The molecule has 1 fully saturated rings. The van der Waals surface area contributed by atoms with Gasteiger partial charge in [0, 0.05) is 31.3 Å². The van der Waals surface area contributed by atoms with E-state index >= 15 is 0 Å². The van der Waals surface area contributed by atoms with E-state index in [4.69, 9.17) is 9.47 Å². The zero-order valence-corrected chi connectivity index (χ0v) is 15.6. The van der Waals surface area contributed by atoms with E-state index in [1.54, 1.807) is 32.4 Å². The Morgan fingerprint density at radius 3 is 2.52 bits per heavy atom. The number of likely N-dealkylation sites (tertiary alicyclic amines) is 1. The molecule has 25 heavy (non-hydrogen) atoms. The van der Waals surface area contributed by atoms with Gasteiger partial charge in [0.05, 0.1) is 14.2 Å². The first-order valence-electron chi connectivity index (χ1n) is 8.81. The highest BCUT2D eigenvalue weighted by Crippen LogP contribution is 2.31. The zero-order chi connectivity index (χ0) is 18.4. The first-order valence-corrected chi connectivity index (χ1v) is 8.81. The molecule has 138 valence electrons. The second-order valence-electron chi connectivity index (χ2n) is 6.29. The molecule has 1 aliphatic rings. The van der Waals surface area contributed by atoms with E-state index in [-0.39, 0.29) is 24.4 Å². The summed E-state index contributed by atoms with van der Waals surface area (Å²) in [6, 6.07) is 5.51. The van der Waals surface area contributed by atoms with Crippen LogP contribution in [0, 0.1) is 0 Å². The number of rotatable bonds is 6. The van der Waals surface area contributed by atoms with Crippen LogP contribution in [-0.4, -0.2) is 50.1 Å². The van der Waals surface area contributed by atoms with Gasteiger partial charge in [-0.25, -0.2) is 0 Å². The number of benzene rings is 1. The van der Waals surface area contributed by atoms with E-state index < -0.39 is 0 Å². The Labute approximate surface area is 149 Å². The lowest BCUT2D eigenvalue weighted by molar-refractivity contribution is -0.134. The number of carbonyl (C=O) groups is 2. The molecule has 1 aromatic rings. The highest BCUT2D eigenvalue weighted by Gasteiger charge is 2.27. The van der Waals surface area contributed by atoms with Gasteiger partial charge in [-0.3, -0.25) is 9.59 Å². The average molecular weight is 348 g/mol. The minimum Gasteiger partial charge on any atom is -0.493 e. The lowest BCUT2D eigenvalue weighted by atomic mass is 10.00. The third kappa shape index (κ3) is 4.44. The summed E-state index contributed by atoms with van der Waals surface area (Å²) in [7, 11) is 3.11. The SMILES string of the molecule is CCC1CCCCN1C(=O)CN(C(C)=O)c1ccc(OC)c(OC)c1. The van der Waals surface area contributed by atoms with Crippen molar-refractivity contribution in [1.82, 2.24) is 4.90 Å². The third-order valence-electron chi connectivity index (χ3n) is 4.77. The normalized spacial score (nSPS) is 17.1. The van der Waals surface area contributed by atoms with Gasteiger partial charge >= 0.3 is 0 Å². The maximum absolute atomic E-state index is 12.8. The first kappa shape index (κ1) is 19.1. The van der Waals surface area contributed by atoms with Crippen LogP contribution in [0.2, 0.25) is 0 Å². The Balaban J connectivity index is 2.21. The number of carbonyl (C=O) groups excluding carboxylic acids is 2. The van der Waals surface area contributed by atoms with Crippen LogP contribution < -0.4 is 14.4 Å². The Hall–Kier alpha value is -2.24. The van der Waals surface area contributed by atoms with E-state index in [0.29, 0.717) is 17.2 Å². The van der Waals surface area contributed by atoms with E-state index in [0.717, 1.165) is 32.2 Å². The summed E-state index contributed by atoms with van der Waals surface area (Å²) in [5.74, 6) is 0.938. The fourth-order valence-electron chi connectivity index (χ4n) is 3.36. The standard InChI is InChI=1S/C19H28N2O4/c1-5-15-8-6-7-11-20(15)19(23)13-21(14(2)22)16-9-10-17(24-3)18(12-16)25-4/h9-10,12,15H,5-8,11,13H2,1-4H3. The molecule has 1 heterocycles. The van der Waals surface area contributed by atoms with Crippen molar-refractivity contribution in [1.29, 1.82) is 0 Å². The van der Waals surface area contributed by atoms with Crippen LogP contribution in [0.25, 0.3) is 0 Å². The van der Waals surface area contributed by atoms with Crippen molar-refractivity contribution in [2.24, 2.45) is 0 Å². The lowest BCUT2D eigenvalue weighted by Gasteiger charge is -2.36. The van der Waals surface area contributed by atoms with Crippen LogP contribution in [0.5, 0.6) is 11.5 Å². The summed E-state index contributed by atoms with van der Waals surface area (Å²) in [5.41, 5.74) is 0.628. The van der Waals surface area contributed by atoms with Gasteiger partial charge in [-0.15, -0.1) is 0 Å². The van der Waals surface area contributed by atoms with Gasteiger partial charge in [-0.2, -0.15) is 0 Å². The summed E-state index contributed by atoms with van der Waals surface area (Å²) in [6.45, 7) is 4.39. The highest BCUT2D eigenvalue weighted by molar-refractivity contribution is 5.97. The van der Waals surface area contributed by atoms with Gasteiger partial charge in [-0.05, 0) is 37.8 Å². The van der Waals surface area contributed by atoms with Gasteiger partial charge in [0.15, 0.2) is 11.5 Å². The summed E-state index contributed by atoms with van der Waals surface area (Å²) < 4.78 is 10.5. The fraction of sp³-hybridized carbons (Fsp3) is 0.579. The van der Waals surface area contributed by atoms with Crippen molar-refractivity contribution in [2.75, 3.05) is 32.2 Å². The molecule has 0 spiro atoms. The van der Waals surface area contributed by atoms with Crippen molar-refractivity contribution >= 4 is 17.5 Å². The second kappa shape index (κ2) is 8.74. The number of nitrogens with zero attached hydrogens (tertiary/aromatic N) is 2. The molecule has 0 aromatic heterocycles. The number of hydrogen-bond acceptors (Lipinski definition) is 4. The molecule has 0 bridgehead atoms. The molecule has 1 aliphatic heterocycles. The van der Waals surface area contributed by atoms with Crippen LogP contribution in [0.1, 0.15) is 39.5 Å². The molecule has 1 unspecified atom stereocenters. The molecule has 0 aliphatic carbocycles. The predicted octanol–water partition coefficient (Wildman–Crippen LogP) is 2.85. The molecular weight excluding hydrogens is 320 g/mol. The Bertz CT molecular complexity index is 617. The van der Waals surface area contributed by atoms with E-state index in [2.05, 4.69) is 6.92 Å². The minimum absolute atomic E-state index is 0.00321. The Morgan fingerprint density at radius 1 is 1.20 bits per heavy atom. The quantitative estimate of drug-likeness (QED) is 0.793. The largest absolute Gasteiger partial charge is 0.493 e. The molecule has 1 atom stereocenters. The van der Waals surface area contributed by atoms with Crippen molar-refractivity contribution in [3.05, 3.63) is 18.2 Å². The van der Waals surface area contributed by atoms with Gasteiger partial charge in [0.25, 0.3) is 0 Å². The highest BCUT2D eigenvalue weighted by atomic mass is 16.5. The first-order chi connectivity index (χ1) is 12.0. The van der Waals surface area contributed by atoms with E-state index in [9.17, 15) is 9.59 Å². The lowest BCUT2D eigenvalue weighted by Crippen LogP contribution is -2.48. The topological polar surface area (TPSA) is 59.1 Å². The van der Waals surface area contributed by atoms with Gasteiger partial charge in [0.2, 0.25) is 11.8 Å². The molecule has 2 rings (SSSR count). The second-order valence-corrected chi connectivity index (χ2v) is 6.29. The van der Waals surface area contributed by atoms with Crippen LogP contribution in [0.4, 0.5) is 5.69 Å². The maximum Gasteiger partial charge on any atom is 0.242 e. The van der Waals surface area contributed by atoms with Crippen LogP contribution >= 0.6 is 0 Å². The van der Waals surface area contributed by atoms with Gasteiger partial charge in [0.1, 0.15) is 6.54 Å². The van der Waals surface area contributed by atoms with Gasteiger partial charge < -0.3 is 19.3 Å². The number of hydrogen-bond donors (Lipinski definition) is 0. The van der Waals surface area contributed by atoms with Crippen molar-refractivity contribution < 1.29 is 19.1 Å². The number of ether oxygens (including phenoxy) is 2. The molecule has 0 saturated carbocycles. The monoisotopic (exact) mass is 348 g/mol. The fourth-order valence-corrected chi connectivity index (χ4v) is 3.36. The number of methoxy groups -OCH3 is 2. The summed E-state index contributed by atoms with van der Waals surface area (Å²) in [6.07, 6.45) is 4.17. The molecule has 6 heteroatoms. The smallest absolute Gasteiger partial charge is 0.242 e. The predicted molar refractivity (Wildman–Crippen MR) is 97.2 cm³/mol. The minimum atomic E-state index is -0.175. The van der Waals surface area contributed by atoms with E-state index in [1.165, 1.54) is 11.8 Å². The van der Waals surface area contributed by atoms with Crippen molar-refractivity contribution in [2.45, 2.75) is 45.6 Å². The number of amides is 2. The zero-order valence-electron chi connectivity index (χ0n) is 15.6. The van der Waals surface area contributed by atoms with E-state index in [1.807, 2.05) is 4.90 Å². The van der Waals surface area contributed by atoms with Gasteiger partial charge in [-0.1, -0.05) is 6.92 Å². The molecule has 1 saturated heterocycles. The van der Waals surface area contributed by atoms with Crippen molar-refractivity contribution in [3.63, 3.8) is 0 Å². The maximum atomic E-state index is 12.8. The number of anilines is 1. The van der Waals surface area contributed by atoms with Crippen LogP contribution in [0.3, 0.4) is 0 Å². The number of piperidine rings is 1. The Kier molecular flexibility index (Phi) is 6.67. The molecule has 2 amide bonds. The molecule has 6 nitrogen and oxygen atoms in total. The van der Waals surface area contributed by atoms with Crippen LogP contribution in [0.15, 0.2) is 18.2 Å². The third-order valence-corrected chi connectivity index (χ3v) is 4.77.